The van der Waals surface area contributed by atoms with Crippen molar-refractivity contribution >= 4 is 11.9 Å². The zero-order valence-corrected chi connectivity index (χ0v) is 11.4. The summed E-state index contributed by atoms with van der Waals surface area (Å²) in [5, 5.41) is 12.1. The molecule has 2 saturated carbocycles. The average molecular weight is 268 g/mol. The number of carboxylic acid groups (broad SMARTS) is 1. The smallest absolute Gasteiger partial charge is 0.305 e. The first-order valence-corrected chi connectivity index (χ1v) is 7.30. The van der Waals surface area contributed by atoms with Gasteiger partial charge in [-0.2, -0.15) is 0 Å². The van der Waals surface area contributed by atoms with E-state index in [4.69, 9.17) is 10.8 Å². The van der Waals surface area contributed by atoms with E-state index < -0.39 is 11.5 Å². The highest BCUT2D eigenvalue weighted by Gasteiger charge is 2.39. The number of hydrogen-bond donors (Lipinski definition) is 3. The van der Waals surface area contributed by atoms with Crippen LogP contribution in [0.5, 0.6) is 0 Å². The summed E-state index contributed by atoms with van der Waals surface area (Å²) in [5.74, 6) is -0.851. The summed E-state index contributed by atoms with van der Waals surface area (Å²) >= 11 is 0. The first-order valence-electron chi connectivity index (χ1n) is 7.30. The molecule has 0 aliphatic heterocycles. The van der Waals surface area contributed by atoms with E-state index in [2.05, 4.69) is 5.32 Å². The summed E-state index contributed by atoms with van der Waals surface area (Å²) in [5.41, 5.74) is 5.40. The summed E-state index contributed by atoms with van der Waals surface area (Å²) in [6.07, 6.45) is 7.19. The summed E-state index contributed by atoms with van der Waals surface area (Å²) < 4.78 is 0. The van der Waals surface area contributed by atoms with Crippen molar-refractivity contribution in [1.82, 2.24) is 5.32 Å². The normalized spacial score (nSPS) is 29.9. The lowest BCUT2D eigenvalue weighted by atomic mass is 9.84. The lowest BCUT2D eigenvalue weighted by Crippen LogP contribution is -2.51. The number of carboxylic acids is 1. The van der Waals surface area contributed by atoms with Crippen molar-refractivity contribution < 1.29 is 14.7 Å². The van der Waals surface area contributed by atoms with Crippen molar-refractivity contribution in [3.8, 4) is 0 Å². The van der Waals surface area contributed by atoms with Gasteiger partial charge in [0.1, 0.15) is 0 Å². The minimum absolute atomic E-state index is 0.0123. The third kappa shape index (κ3) is 3.69. The molecule has 2 aliphatic rings. The zero-order valence-electron chi connectivity index (χ0n) is 11.4. The fourth-order valence-corrected chi connectivity index (χ4v) is 3.52. The Morgan fingerprint density at radius 3 is 2.47 bits per heavy atom. The van der Waals surface area contributed by atoms with E-state index in [1.165, 1.54) is 0 Å². The largest absolute Gasteiger partial charge is 0.481 e. The number of aliphatic carboxylic acids is 1. The van der Waals surface area contributed by atoms with Gasteiger partial charge in [-0.1, -0.05) is 19.3 Å². The van der Waals surface area contributed by atoms with Crippen molar-refractivity contribution in [2.24, 2.45) is 11.7 Å². The molecule has 4 N–H and O–H groups in total. The van der Waals surface area contributed by atoms with Crippen LogP contribution in [-0.4, -0.2) is 28.6 Å². The standard InChI is InChI=1S/C14H24N2O3/c15-11-5-3-4-10(8-11)13(19)16-14(9-12(17)18)6-1-2-7-14/h10-11H,1-9,15H2,(H,16,19)(H,17,18). The van der Waals surface area contributed by atoms with Crippen LogP contribution in [0.2, 0.25) is 0 Å². The molecule has 5 nitrogen and oxygen atoms in total. The van der Waals surface area contributed by atoms with Crippen LogP contribution in [0, 0.1) is 5.92 Å². The maximum absolute atomic E-state index is 12.3. The van der Waals surface area contributed by atoms with Crippen LogP contribution < -0.4 is 11.1 Å². The molecule has 5 heteroatoms. The Kier molecular flexibility index (Phi) is 4.45. The average Bonchev–Trinajstić information content (AvgIpc) is 2.76. The van der Waals surface area contributed by atoms with Crippen molar-refractivity contribution in [2.75, 3.05) is 0 Å². The van der Waals surface area contributed by atoms with Gasteiger partial charge in [0, 0.05) is 12.0 Å². The first kappa shape index (κ1) is 14.3. The van der Waals surface area contributed by atoms with E-state index in [9.17, 15) is 9.59 Å². The molecular weight excluding hydrogens is 244 g/mol. The van der Waals surface area contributed by atoms with Gasteiger partial charge >= 0.3 is 5.97 Å². The Morgan fingerprint density at radius 2 is 1.89 bits per heavy atom. The maximum Gasteiger partial charge on any atom is 0.305 e. The van der Waals surface area contributed by atoms with Crippen LogP contribution >= 0.6 is 0 Å². The van der Waals surface area contributed by atoms with E-state index in [0.29, 0.717) is 0 Å². The molecule has 0 spiro atoms. The van der Waals surface area contributed by atoms with Crippen molar-refractivity contribution in [3.05, 3.63) is 0 Å². The fraction of sp³-hybridized carbons (Fsp3) is 0.857. The fourth-order valence-electron chi connectivity index (χ4n) is 3.52. The number of carbonyl (C=O) groups is 2. The van der Waals surface area contributed by atoms with Gasteiger partial charge in [-0.15, -0.1) is 0 Å². The van der Waals surface area contributed by atoms with Crippen LogP contribution in [0.3, 0.4) is 0 Å². The van der Waals surface area contributed by atoms with Gasteiger partial charge in [0.15, 0.2) is 0 Å². The predicted molar refractivity (Wildman–Crippen MR) is 71.5 cm³/mol. The van der Waals surface area contributed by atoms with Gasteiger partial charge in [-0.05, 0) is 32.1 Å². The topological polar surface area (TPSA) is 92.4 Å². The second-order valence-electron chi connectivity index (χ2n) is 6.17. The molecule has 108 valence electrons. The van der Waals surface area contributed by atoms with E-state index in [1.807, 2.05) is 0 Å². The Hall–Kier alpha value is -1.10. The van der Waals surface area contributed by atoms with Crippen molar-refractivity contribution in [1.29, 1.82) is 0 Å². The highest BCUT2D eigenvalue weighted by molar-refractivity contribution is 5.80. The second kappa shape index (κ2) is 5.90. The minimum atomic E-state index is -0.831. The Labute approximate surface area is 113 Å². The van der Waals surface area contributed by atoms with Crippen LogP contribution in [0.15, 0.2) is 0 Å². The molecule has 2 unspecified atom stereocenters. The first-order chi connectivity index (χ1) is 9.01. The molecule has 0 aromatic rings. The Bertz CT molecular complexity index is 351. The molecule has 0 bridgehead atoms. The van der Waals surface area contributed by atoms with E-state index >= 15 is 0 Å². The molecule has 0 aromatic heterocycles. The lowest BCUT2D eigenvalue weighted by molar-refractivity contribution is -0.139. The zero-order chi connectivity index (χ0) is 13.9. The Balaban J connectivity index is 1.96. The van der Waals surface area contributed by atoms with Gasteiger partial charge in [0.05, 0.1) is 12.0 Å². The van der Waals surface area contributed by atoms with Crippen molar-refractivity contribution in [2.45, 2.75) is 69.4 Å². The number of hydrogen-bond acceptors (Lipinski definition) is 3. The van der Waals surface area contributed by atoms with Gasteiger partial charge < -0.3 is 16.2 Å². The molecular formula is C14H24N2O3. The van der Waals surface area contributed by atoms with Crippen LogP contribution in [0.1, 0.15) is 57.8 Å². The van der Waals surface area contributed by atoms with Crippen LogP contribution in [-0.2, 0) is 9.59 Å². The molecule has 2 aliphatic carbocycles. The molecule has 19 heavy (non-hydrogen) atoms. The molecule has 0 saturated heterocycles. The maximum atomic E-state index is 12.3. The van der Waals surface area contributed by atoms with Crippen LogP contribution in [0.25, 0.3) is 0 Å². The van der Waals surface area contributed by atoms with Crippen molar-refractivity contribution in [3.63, 3.8) is 0 Å². The quantitative estimate of drug-likeness (QED) is 0.718. The Morgan fingerprint density at radius 1 is 1.21 bits per heavy atom. The predicted octanol–water partition coefficient (Wildman–Crippen LogP) is 1.41. The van der Waals surface area contributed by atoms with Gasteiger partial charge in [0.25, 0.3) is 0 Å². The number of carbonyl (C=O) groups excluding carboxylic acids is 1. The third-order valence-electron chi connectivity index (χ3n) is 4.52. The van der Waals surface area contributed by atoms with Crippen LogP contribution in [0.4, 0.5) is 0 Å². The summed E-state index contributed by atoms with van der Waals surface area (Å²) in [4.78, 5) is 23.3. The SMILES string of the molecule is NC1CCCC(C(=O)NC2(CC(=O)O)CCCC2)C1. The van der Waals surface area contributed by atoms with Gasteiger partial charge in [0.2, 0.25) is 5.91 Å². The minimum Gasteiger partial charge on any atom is -0.481 e. The highest BCUT2D eigenvalue weighted by atomic mass is 16.4. The number of nitrogens with two attached hydrogens (primary N) is 1. The molecule has 2 fully saturated rings. The molecule has 2 atom stereocenters. The summed E-state index contributed by atoms with van der Waals surface area (Å²) in [7, 11) is 0. The van der Waals surface area contributed by atoms with E-state index in [-0.39, 0.29) is 24.3 Å². The van der Waals surface area contributed by atoms with E-state index in [1.54, 1.807) is 0 Å². The number of amides is 1. The molecule has 0 aromatic carbocycles. The molecule has 1 amide bonds. The monoisotopic (exact) mass is 268 g/mol. The summed E-state index contributed by atoms with van der Waals surface area (Å²) in [6, 6.07) is 0.114. The second-order valence-corrected chi connectivity index (χ2v) is 6.17. The molecule has 0 radical (unpaired) electrons. The number of rotatable bonds is 4. The molecule has 2 rings (SSSR count). The van der Waals surface area contributed by atoms with E-state index in [0.717, 1.165) is 51.4 Å². The molecule has 0 heterocycles. The summed E-state index contributed by atoms with van der Waals surface area (Å²) in [6.45, 7) is 0. The third-order valence-corrected chi connectivity index (χ3v) is 4.52. The number of nitrogens with one attached hydrogen (secondary N) is 1. The van der Waals surface area contributed by atoms with Gasteiger partial charge in [-0.3, -0.25) is 9.59 Å². The lowest BCUT2D eigenvalue weighted by Gasteiger charge is -2.33. The highest BCUT2D eigenvalue weighted by Crippen LogP contribution is 2.34. The van der Waals surface area contributed by atoms with Gasteiger partial charge in [-0.25, -0.2) is 0 Å².